The molecule has 0 saturated carbocycles. The molecule has 2 heterocycles. The zero-order valence-corrected chi connectivity index (χ0v) is 11.8. The van der Waals surface area contributed by atoms with Crippen LogP contribution < -0.4 is 10.0 Å². The maximum Gasteiger partial charge on any atom is 0.212 e. The Kier molecular flexibility index (Phi) is 5.30. The molecule has 0 amide bonds. The summed E-state index contributed by atoms with van der Waals surface area (Å²) in [6, 6.07) is 5.82. The van der Waals surface area contributed by atoms with Crippen molar-refractivity contribution in [1.82, 2.24) is 15.0 Å². The third-order valence-electron chi connectivity index (χ3n) is 3.35. The molecule has 0 spiro atoms. The lowest BCUT2D eigenvalue weighted by atomic mass is 10.0. The smallest absolute Gasteiger partial charge is 0.212 e. The SMILES string of the molecule is O=S(=O)(CCC1CCCCN1)NCc1ccccn1. The summed E-state index contributed by atoms with van der Waals surface area (Å²) < 4.78 is 26.4. The Hall–Kier alpha value is -0.980. The molecule has 5 nitrogen and oxygen atoms in total. The van der Waals surface area contributed by atoms with E-state index in [4.69, 9.17) is 0 Å². The average molecular weight is 283 g/mol. The first-order chi connectivity index (χ1) is 9.16. The van der Waals surface area contributed by atoms with Gasteiger partial charge in [0.05, 0.1) is 18.0 Å². The molecule has 2 rings (SSSR count). The summed E-state index contributed by atoms with van der Waals surface area (Å²) in [6.07, 6.45) is 5.81. The summed E-state index contributed by atoms with van der Waals surface area (Å²) in [5, 5.41) is 3.36. The van der Waals surface area contributed by atoms with E-state index in [2.05, 4.69) is 15.0 Å². The number of hydrogen-bond acceptors (Lipinski definition) is 4. The van der Waals surface area contributed by atoms with Gasteiger partial charge in [-0.25, -0.2) is 13.1 Å². The number of piperidine rings is 1. The third-order valence-corrected chi connectivity index (χ3v) is 4.70. The van der Waals surface area contributed by atoms with Crippen molar-refractivity contribution in [3.63, 3.8) is 0 Å². The van der Waals surface area contributed by atoms with Crippen LogP contribution in [0, 0.1) is 0 Å². The van der Waals surface area contributed by atoms with Crippen LogP contribution in [0.5, 0.6) is 0 Å². The van der Waals surface area contributed by atoms with E-state index < -0.39 is 10.0 Å². The molecule has 106 valence electrons. The van der Waals surface area contributed by atoms with E-state index in [0.29, 0.717) is 12.5 Å². The van der Waals surface area contributed by atoms with Crippen LogP contribution in [0.25, 0.3) is 0 Å². The second-order valence-corrected chi connectivity index (χ2v) is 6.82. The molecule has 1 unspecified atom stereocenters. The Labute approximate surface area is 114 Å². The van der Waals surface area contributed by atoms with E-state index in [1.54, 1.807) is 6.20 Å². The molecule has 1 saturated heterocycles. The van der Waals surface area contributed by atoms with Gasteiger partial charge in [-0.05, 0) is 37.9 Å². The lowest BCUT2D eigenvalue weighted by Gasteiger charge is -2.23. The van der Waals surface area contributed by atoms with Crippen molar-refractivity contribution in [3.8, 4) is 0 Å². The van der Waals surface area contributed by atoms with Crippen molar-refractivity contribution in [2.75, 3.05) is 12.3 Å². The van der Waals surface area contributed by atoms with Gasteiger partial charge in [-0.2, -0.15) is 0 Å². The Morgan fingerprint density at radius 3 is 2.95 bits per heavy atom. The standard InChI is InChI=1S/C13H21N3O2S/c17-19(18,10-7-12-5-1-3-8-14-12)16-11-13-6-2-4-9-15-13/h2,4,6,9,12,14,16H,1,3,5,7-8,10-11H2. The van der Waals surface area contributed by atoms with Crippen LogP contribution in [0.15, 0.2) is 24.4 Å². The van der Waals surface area contributed by atoms with Gasteiger partial charge in [0.25, 0.3) is 0 Å². The van der Waals surface area contributed by atoms with Crippen molar-refractivity contribution >= 4 is 10.0 Å². The Balaban J connectivity index is 1.75. The molecule has 2 N–H and O–H groups in total. The fourth-order valence-electron chi connectivity index (χ4n) is 2.23. The second kappa shape index (κ2) is 6.98. The zero-order chi connectivity index (χ0) is 13.6. The molecule has 6 heteroatoms. The summed E-state index contributed by atoms with van der Waals surface area (Å²) in [5.41, 5.74) is 0.738. The number of rotatable bonds is 6. The van der Waals surface area contributed by atoms with Gasteiger partial charge in [-0.1, -0.05) is 12.5 Å². The van der Waals surface area contributed by atoms with E-state index in [1.165, 1.54) is 12.8 Å². The van der Waals surface area contributed by atoms with E-state index in [9.17, 15) is 8.42 Å². The maximum atomic E-state index is 11.9. The highest BCUT2D eigenvalue weighted by molar-refractivity contribution is 7.89. The van der Waals surface area contributed by atoms with Gasteiger partial charge in [-0.3, -0.25) is 4.98 Å². The number of aromatic nitrogens is 1. The number of nitrogens with one attached hydrogen (secondary N) is 2. The molecular formula is C13H21N3O2S. The summed E-state index contributed by atoms with van der Waals surface area (Å²) in [6.45, 7) is 1.27. The highest BCUT2D eigenvalue weighted by Gasteiger charge is 2.17. The molecule has 1 aromatic rings. The normalized spacial score (nSPS) is 20.3. The molecule has 1 aliphatic heterocycles. The van der Waals surface area contributed by atoms with Gasteiger partial charge in [0.1, 0.15) is 0 Å². The average Bonchev–Trinajstić information content (AvgIpc) is 2.46. The molecule has 1 aliphatic rings. The lowest BCUT2D eigenvalue weighted by molar-refractivity contribution is 0.392. The maximum absolute atomic E-state index is 11.9. The predicted molar refractivity (Wildman–Crippen MR) is 75.1 cm³/mol. The largest absolute Gasteiger partial charge is 0.314 e. The molecule has 1 aromatic heterocycles. The minimum absolute atomic E-state index is 0.178. The quantitative estimate of drug-likeness (QED) is 0.818. The Morgan fingerprint density at radius 1 is 1.37 bits per heavy atom. The minimum atomic E-state index is -3.21. The number of sulfonamides is 1. The fourth-order valence-corrected chi connectivity index (χ4v) is 3.33. The van der Waals surface area contributed by atoms with Gasteiger partial charge >= 0.3 is 0 Å². The van der Waals surface area contributed by atoms with E-state index in [1.807, 2.05) is 18.2 Å². The number of nitrogens with zero attached hydrogens (tertiary/aromatic N) is 1. The number of hydrogen-bond donors (Lipinski definition) is 2. The third kappa shape index (κ3) is 5.26. The summed E-state index contributed by atoms with van der Waals surface area (Å²) >= 11 is 0. The van der Waals surface area contributed by atoms with Crippen molar-refractivity contribution < 1.29 is 8.42 Å². The predicted octanol–water partition coefficient (Wildman–Crippen LogP) is 1.03. The Morgan fingerprint density at radius 2 is 2.26 bits per heavy atom. The molecule has 19 heavy (non-hydrogen) atoms. The van der Waals surface area contributed by atoms with Gasteiger partial charge in [0, 0.05) is 12.2 Å². The molecule has 0 aliphatic carbocycles. The van der Waals surface area contributed by atoms with Crippen LogP contribution in [0.1, 0.15) is 31.4 Å². The van der Waals surface area contributed by atoms with E-state index in [-0.39, 0.29) is 12.3 Å². The van der Waals surface area contributed by atoms with E-state index in [0.717, 1.165) is 18.7 Å². The van der Waals surface area contributed by atoms with Crippen LogP contribution in [0.3, 0.4) is 0 Å². The van der Waals surface area contributed by atoms with Gasteiger partial charge < -0.3 is 5.32 Å². The van der Waals surface area contributed by atoms with Gasteiger partial charge in [-0.15, -0.1) is 0 Å². The minimum Gasteiger partial charge on any atom is -0.314 e. The highest BCUT2D eigenvalue weighted by atomic mass is 32.2. The first-order valence-corrected chi connectivity index (χ1v) is 8.41. The van der Waals surface area contributed by atoms with E-state index >= 15 is 0 Å². The Bertz CT molecular complexity index is 470. The lowest BCUT2D eigenvalue weighted by Crippen LogP contribution is -2.37. The van der Waals surface area contributed by atoms with Gasteiger partial charge in [0.15, 0.2) is 0 Å². The van der Waals surface area contributed by atoms with Crippen LogP contribution in [-0.4, -0.2) is 31.7 Å². The summed E-state index contributed by atoms with van der Waals surface area (Å²) in [5.74, 6) is 0.178. The summed E-state index contributed by atoms with van der Waals surface area (Å²) in [4.78, 5) is 4.09. The zero-order valence-electron chi connectivity index (χ0n) is 11.0. The molecule has 1 atom stereocenters. The van der Waals surface area contributed by atoms with Crippen LogP contribution in [-0.2, 0) is 16.6 Å². The van der Waals surface area contributed by atoms with Crippen LogP contribution in [0.2, 0.25) is 0 Å². The number of pyridine rings is 1. The molecule has 0 radical (unpaired) electrons. The monoisotopic (exact) mass is 283 g/mol. The molecular weight excluding hydrogens is 262 g/mol. The highest BCUT2D eigenvalue weighted by Crippen LogP contribution is 2.10. The fraction of sp³-hybridized carbons (Fsp3) is 0.615. The first kappa shape index (κ1) is 14.4. The van der Waals surface area contributed by atoms with Crippen LogP contribution in [0.4, 0.5) is 0 Å². The first-order valence-electron chi connectivity index (χ1n) is 6.76. The molecule has 1 fully saturated rings. The van der Waals surface area contributed by atoms with Crippen molar-refractivity contribution in [2.45, 2.75) is 38.3 Å². The molecule has 0 aromatic carbocycles. The topological polar surface area (TPSA) is 71.1 Å². The molecule has 0 bridgehead atoms. The van der Waals surface area contributed by atoms with Crippen molar-refractivity contribution in [3.05, 3.63) is 30.1 Å². The second-order valence-electron chi connectivity index (χ2n) is 4.90. The van der Waals surface area contributed by atoms with Crippen molar-refractivity contribution in [2.24, 2.45) is 0 Å². The van der Waals surface area contributed by atoms with Crippen molar-refractivity contribution in [1.29, 1.82) is 0 Å². The van der Waals surface area contributed by atoms with Gasteiger partial charge in [0.2, 0.25) is 10.0 Å². The van der Waals surface area contributed by atoms with Crippen LogP contribution >= 0.6 is 0 Å². The summed E-state index contributed by atoms with van der Waals surface area (Å²) in [7, 11) is -3.21.